The summed E-state index contributed by atoms with van der Waals surface area (Å²) >= 11 is 5.93. The molecule has 4 nitrogen and oxygen atoms in total. The highest BCUT2D eigenvalue weighted by molar-refractivity contribution is 6.49. The van der Waals surface area contributed by atoms with Crippen LogP contribution in [0.5, 0.6) is 0 Å². The summed E-state index contributed by atoms with van der Waals surface area (Å²) in [4.78, 5) is 15.0. The minimum Gasteiger partial charge on any atom is -0.465 e. The van der Waals surface area contributed by atoms with Crippen LogP contribution in [0.25, 0.3) is 5.03 Å². The molecule has 1 aliphatic rings. The quantitative estimate of drug-likeness (QED) is 0.695. The number of nitrogens with zero attached hydrogens (tertiary/aromatic N) is 1. The van der Waals surface area contributed by atoms with Crippen molar-refractivity contribution in [3.63, 3.8) is 0 Å². The molecule has 0 aromatic carbocycles. The van der Waals surface area contributed by atoms with E-state index >= 15 is 0 Å². The Morgan fingerprint density at radius 2 is 2.43 bits per heavy atom. The lowest BCUT2D eigenvalue weighted by atomic mass is 10.1. The average Bonchev–Trinajstić information content (AvgIpc) is 2.59. The third-order valence-electron chi connectivity index (χ3n) is 2.34. The van der Waals surface area contributed by atoms with Crippen molar-refractivity contribution >= 4 is 22.7 Å². The molecule has 0 bridgehead atoms. The average molecular weight is 213 g/mol. The monoisotopic (exact) mass is 212 g/mol. The van der Waals surface area contributed by atoms with E-state index in [0.29, 0.717) is 5.03 Å². The highest BCUT2D eigenvalue weighted by Gasteiger charge is 2.27. The predicted molar refractivity (Wildman–Crippen MR) is 52.9 cm³/mol. The van der Waals surface area contributed by atoms with Gasteiger partial charge in [0.15, 0.2) is 0 Å². The van der Waals surface area contributed by atoms with Crippen molar-refractivity contribution in [2.75, 3.05) is 0 Å². The fraction of sp³-hybridized carbons (Fsp3) is 0.222. The highest BCUT2D eigenvalue weighted by Crippen LogP contribution is 2.35. The molecule has 1 aliphatic heterocycles. The van der Waals surface area contributed by atoms with Gasteiger partial charge in [-0.05, 0) is 13.0 Å². The Bertz CT molecular complexity index is 411. The van der Waals surface area contributed by atoms with Gasteiger partial charge in [-0.2, -0.15) is 0 Å². The smallest absolute Gasteiger partial charge is 0.412 e. The number of nitrogens with one attached hydrogen (secondary N) is 1. The molecule has 1 aromatic rings. The highest BCUT2D eigenvalue weighted by atomic mass is 35.5. The van der Waals surface area contributed by atoms with Crippen molar-refractivity contribution in [1.82, 2.24) is 9.88 Å². The van der Waals surface area contributed by atoms with Crippen LogP contribution >= 0.6 is 11.6 Å². The van der Waals surface area contributed by atoms with Gasteiger partial charge in [0.05, 0.1) is 11.1 Å². The summed E-state index contributed by atoms with van der Waals surface area (Å²) in [5.74, 6) is 0. The first-order valence-electron chi connectivity index (χ1n) is 4.17. The van der Waals surface area contributed by atoms with Crippen molar-refractivity contribution in [1.29, 1.82) is 0 Å². The second kappa shape index (κ2) is 3.06. The van der Waals surface area contributed by atoms with E-state index in [2.05, 4.69) is 4.98 Å². The number of hydrogen-bond acceptors (Lipinski definition) is 1. The molecule has 2 N–H and O–H groups in total. The van der Waals surface area contributed by atoms with Gasteiger partial charge >= 0.3 is 6.09 Å². The summed E-state index contributed by atoms with van der Waals surface area (Å²) in [6, 6.07) is 1.61. The molecule has 5 heteroatoms. The second-order valence-corrected chi connectivity index (χ2v) is 3.56. The third kappa shape index (κ3) is 1.19. The number of halogens is 1. The number of rotatable bonds is 0. The summed E-state index contributed by atoms with van der Waals surface area (Å²) in [7, 11) is 0. The van der Waals surface area contributed by atoms with E-state index in [0.717, 1.165) is 11.3 Å². The number of aromatic amines is 1. The van der Waals surface area contributed by atoms with Gasteiger partial charge in [0.2, 0.25) is 0 Å². The maximum atomic E-state index is 10.9. The summed E-state index contributed by atoms with van der Waals surface area (Å²) in [5, 5.41) is 9.34. The van der Waals surface area contributed by atoms with Crippen LogP contribution in [0.1, 0.15) is 24.2 Å². The summed E-state index contributed by atoms with van der Waals surface area (Å²) in [6.45, 7) is 1.81. The molecular formula is C9H9ClN2O2. The van der Waals surface area contributed by atoms with E-state index < -0.39 is 6.09 Å². The lowest BCUT2D eigenvalue weighted by Gasteiger charge is -2.27. The normalized spacial score (nSPS) is 20.3. The van der Waals surface area contributed by atoms with Crippen LogP contribution in [0.2, 0.25) is 0 Å². The molecule has 0 saturated heterocycles. The van der Waals surface area contributed by atoms with Crippen LogP contribution in [-0.4, -0.2) is 21.1 Å². The molecule has 14 heavy (non-hydrogen) atoms. The van der Waals surface area contributed by atoms with Crippen LogP contribution < -0.4 is 0 Å². The van der Waals surface area contributed by atoms with Crippen molar-refractivity contribution in [3.05, 3.63) is 29.7 Å². The number of carboxylic acid groups (broad SMARTS) is 1. The number of amides is 1. The fourth-order valence-corrected chi connectivity index (χ4v) is 1.87. The molecule has 0 spiro atoms. The van der Waals surface area contributed by atoms with Gasteiger partial charge in [-0.1, -0.05) is 11.6 Å². The molecule has 74 valence electrons. The van der Waals surface area contributed by atoms with E-state index in [4.69, 9.17) is 16.7 Å². The Balaban J connectivity index is 2.49. The first kappa shape index (κ1) is 9.15. The molecule has 1 atom stereocenters. The van der Waals surface area contributed by atoms with E-state index in [1.165, 1.54) is 11.1 Å². The van der Waals surface area contributed by atoms with E-state index in [1.54, 1.807) is 6.20 Å². The topological polar surface area (TPSA) is 56.3 Å². The Morgan fingerprint density at radius 3 is 3.07 bits per heavy atom. The maximum absolute atomic E-state index is 10.9. The fourth-order valence-electron chi connectivity index (χ4n) is 1.60. The van der Waals surface area contributed by atoms with E-state index in [1.807, 2.05) is 13.0 Å². The van der Waals surface area contributed by atoms with Crippen LogP contribution in [0, 0.1) is 0 Å². The Labute approximate surface area is 85.8 Å². The van der Waals surface area contributed by atoms with E-state index in [9.17, 15) is 4.79 Å². The molecule has 2 heterocycles. The maximum Gasteiger partial charge on any atom is 0.412 e. The molecule has 0 radical (unpaired) electrons. The van der Waals surface area contributed by atoms with Crippen molar-refractivity contribution in [2.45, 2.75) is 13.0 Å². The van der Waals surface area contributed by atoms with Gasteiger partial charge in [-0.3, -0.25) is 4.90 Å². The zero-order valence-electron chi connectivity index (χ0n) is 7.49. The van der Waals surface area contributed by atoms with Crippen molar-refractivity contribution in [2.24, 2.45) is 0 Å². The van der Waals surface area contributed by atoms with Crippen molar-refractivity contribution in [3.8, 4) is 0 Å². The molecule has 2 rings (SSSR count). The van der Waals surface area contributed by atoms with Crippen LogP contribution in [0.4, 0.5) is 4.79 Å². The van der Waals surface area contributed by atoms with Gasteiger partial charge < -0.3 is 10.1 Å². The van der Waals surface area contributed by atoms with Gasteiger partial charge in [0.1, 0.15) is 0 Å². The number of fused-ring (bicyclic) bond motifs is 1. The molecule has 0 saturated carbocycles. The summed E-state index contributed by atoms with van der Waals surface area (Å²) in [6.07, 6.45) is 2.18. The van der Waals surface area contributed by atoms with E-state index in [-0.39, 0.29) is 6.04 Å². The number of hydrogen-bond donors (Lipinski definition) is 2. The minimum absolute atomic E-state index is 0.222. The lowest BCUT2D eigenvalue weighted by Crippen LogP contribution is -2.30. The zero-order valence-corrected chi connectivity index (χ0v) is 8.25. The van der Waals surface area contributed by atoms with Crippen molar-refractivity contribution < 1.29 is 9.90 Å². The van der Waals surface area contributed by atoms with Gasteiger partial charge in [-0.25, -0.2) is 4.79 Å². The molecule has 0 aliphatic carbocycles. The number of aromatic nitrogens is 1. The van der Waals surface area contributed by atoms with Gasteiger partial charge in [0, 0.05) is 23.7 Å². The number of carbonyl (C=O) groups is 1. The first-order valence-corrected chi connectivity index (χ1v) is 4.55. The van der Waals surface area contributed by atoms with Crippen LogP contribution in [0.15, 0.2) is 18.5 Å². The largest absolute Gasteiger partial charge is 0.465 e. The molecule has 1 amide bonds. The molecular weight excluding hydrogens is 204 g/mol. The first-order chi connectivity index (χ1) is 6.61. The van der Waals surface area contributed by atoms with Crippen LogP contribution in [-0.2, 0) is 0 Å². The second-order valence-electron chi connectivity index (χ2n) is 3.15. The van der Waals surface area contributed by atoms with Gasteiger partial charge in [0.25, 0.3) is 0 Å². The molecule has 1 aromatic heterocycles. The number of H-pyrrole nitrogens is 1. The standard InChI is InChI=1S/C9H9ClN2O2/c1-5-8-6(2-3-11-8)7(10)4-12(5)9(13)14/h2-5,11H,1H3,(H,13,14). The Hall–Kier alpha value is -1.42. The third-order valence-corrected chi connectivity index (χ3v) is 2.65. The SMILES string of the molecule is CC1c2[nH]ccc2C(Cl)=CN1C(=O)O. The Kier molecular flexibility index (Phi) is 2.00. The summed E-state index contributed by atoms with van der Waals surface area (Å²) < 4.78 is 0. The minimum atomic E-state index is -1.00. The lowest BCUT2D eigenvalue weighted by molar-refractivity contribution is 0.149. The molecule has 1 unspecified atom stereocenters. The molecule has 0 fully saturated rings. The van der Waals surface area contributed by atoms with Gasteiger partial charge in [-0.15, -0.1) is 0 Å². The predicted octanol–water partition coefficient (Wildman–Crippen LogP) is 2.61. The van der Waals surface area contributed by atoms with Crippen LogP contribution in [0.3, 0.4) is 0 Å². The zero-order chi connectivity index (χ0) is 10.3. The summed E-state index contributed by atoms with van der Waals surface area (Å²) in [5.41, 5.74) is 1.71. The Morgan fingerprint density at radius 1 is 1.71 bits per heavy atom.